The van der Waals surface area contributed by atoms with Crippen LogP contribution in [0.3, 0.4) is 0 Å². The van der Waals surface area contributed by atoms with Gasteiger partial charge in [0.2, 0.25) is 0 Å². The average molecular weight is 180 g/mol. The number of aromatic nitrogens is 2. The van der Waals surface area contributed by atoms with Crippen molar-refractivity contribution in [1.29, 1.82) is 0 Å². The Bertz CT molecular complexity index is 276. The fraction of sp³-hybridized carbons (Fsp3) is 0.700. The molecule has 1 fully saturated rings. The molecule has 1 aromatic rings. The zero-order chi connectivity index (χ0) is 9.26. The first-order valence-corrected chi connectivity index (χ1v) is 4.80. The van der Waals surface area contributed by atoms with Gasteiger partial charge in [0.25, 0.3) is 0 Å². The van der Waals surface area contributed by atoms with Crippen LogP contribution >= 0.6 is 0 Å². The molecule has 13 heavy (non-hydrogen) atoms. The molecule has 0 atom stereocenters. The maximum absolute atomic E-state index is 5.23. The molecule has 0 aromatic carbocycles. The summed E-state index contributed by atoms with van der Waals surface area (Å²) in [6, 6.07) is 0. The minimum absolute atomic E-state index is 0.502. The van der Waals surface area contributed by atoms with Crippen LogP contribution in [0.25, 0.3) is 0 Å². The summed E-state index contributed by atoms with van der Waals surface area (Å²) in [4.78, 5) is 0. The lowest BCUT2D eigenvalue weighted by Gasteiger charge is -2.33. The molecule has 1 heterocycles. The number of hydrogen-bond acceptors (Lipinski definition) is 2. The lowest BCUT2D eigenvalue weighted by Crippen LogP contribution is -2.33. The van der Waals surface area contributed by atoms with E-state index in [2.05, 4.69) is 18.2 Å². The van der Waals surface area contributed by atoms with E-state index in [-0.39, 0.29) is 0 Å². The van der Waals surface area contributed by atoms with Crippen LogP contribution in [0.4, 0.5) is 0 Å². The van der Waals surface area contributed by atoms with E-state index in [1.54, 1.807) is 7.11 Å². The van der Waals surface area contributed by atoms with Crippen LogP contribution in [0.15, 0.2) is 12.4 Å². The van der Waals surface area contributed by atoms with Crippen LogP contribution in [0.1, 0.15) is 18.4 Å². The van der Waals surface area contributed by atoms with E-state index >= 15 is 0 Å². The van der Waals surface area contributed by atoms with E-state index in [4.69, 9.17) is 4.74 Å². The summed E-state index contributed by atoms with van der Waals surface area (Å²) >= 11 is 0. The number of ether oxygens (including phenoxy) is 1. The summed E-state index contributed by atoms with van der Waals surface area (Å²) < 4.78 is 7.26. The van der Waals surface area contributed by atoms with Crippen molar-refractivity contribution in [3.05, 3.63) is 18.0 Å². The van der Waals surface area contributed by atoms with Gasteiger partial charge in [-0.1, -0.05) is 0 Å². The quantitative estimate of drug-likeness (QED) is 0.706. The molecule has 1 saturated carbocycles. The maximum Gasteiger partial charge on any atom is 0.0578 e. The molecule has 0 spiro atoms. The smallest absolute Gasteiger partial charge is 0.0578 e. The number of rotatable bonds is 3. The van der Waals surface area contributed by atoms with Gasteiger partial charge < -0.3 is 4.74 Å². The van der Waals surface area contributed by atoms with Crippen molar-refractivity contribution in [1.82, 2.24) is 9.78 Å². The number of nitrogens with zero attached hydrogens (tertiary/aromatic N) is 2. The predicted octanol–water partition coefficient (Wildman–Crippen LogP) is 1.62. The summed E-state index contributed by atoms with van der Waals surface area (Å²) in [7, 11) is 1.79. The standard InChI is InChI=1S/C10H16N2O/c1-8-5-11-12(6-8)7-9-3-10(4-9)13-2/h5-6,9-10H,3-4,7H2,1-2H3. The molecule has 0 radical (unpaired) electrons. The van der Waals surface area contributed by atoms with Gasteiger partial charge in [-0.15, -0.1) is 0 Å². The molecule has 0 unspecified atom stereocenters. The summed E-state index contributed by atoms with van der Waals surface area (Å²) in [6.07, 6.45) is 6.89. The zero-order valence-corrected chi connectivity index (χ0v) is 8.23. The van der Waals surface area contributed by atoms with Gasteiger partial charge in [-0.25, -0.2) is 0 Å². The Morgan fingerprint density at radius 3 is 2.92 bits per heavy atom. The molecule has 1 aromatic heterocycles. The minimum Gasteiger partial charge on any atom is -0.381 e. The second-order valence-corrected chi connectivity index (χ2v) is 3.93. The third-order valence-corrected chi connectivity index (χ3v) is 2.73. The van der Waals surface area contributed by atoms with Gasteiger partial charge in [0.05, 0.1) is 12.3 Å². The van der Waals surface area contributed by atoms with Crippen molar-refractivity contribution in [3.8, 4) is 0 Å². The van der Waals surface area contributed by atoms with Crippen LogP contribution in [0.5, 0.6) is 0 Å². The molecule has 0 N–H and O–H groups in total. The number of hydrogen-bond donors (Lipinski definition) is 0. The van der Waals surface area contributed by atoms with Gasteiger partial charge in [0, 0.05) is 19.9 Å². The monoisotopic (exact) mass is 180 g/mol. The predicted molar refractivity (Wildman–Crippen MR) is 50.5 cm³/mol. The van der Waals surface area contributed by atoms with Gasteiger partial charge in [-0.3, -0.25) is 4.68 Å². The van der Waals surface area contributed by atoms with E-state index < -0.39 is 0 Å². The number of methoxy groups -OCH3 is 1. The Morgan fingerprint density at radius 2 is 2.38 bits per heavy atom. The molecule has 1 aliphatic carbocycles. The van der Waals surface area contributed by atoms with Crippen LogP contribution in [-0.4, -0.2) is 23.0 Å². The third kappa shape index (κ3) is 1.91. The Balaban J connectivity index is 1.81. The highest BCUT2D eigenvalue weighted by atomic mass is 16.5. The van der Waals surface area contributed by atoms with Gasteiger partial charge in [-0.2, -0.15) is 5.10 Å². The Hall–Kier alpha value is -0.830. The fourth-order valence-electron chi connectivity index (χ4n) is 1.85. The first-order chi connectivity index (χ1) is 6.28. The Kier molecular flexibility index (Phi) is 2.36. The molecule has 1 aliphatic rings. The van der Waals surface area contributed by atoms with Crippen molar-refractivity contribution < 1.29 is 4.74 Å². The minimum atomic E-state index is 0.502. The van der Waals surface area contributed by atoms with E-state index in [1.807, 2.05) is 10.9 Å². The number of aryl methyl sites for hydroxylation is 1. The van der Waals surface area contributed by atoms with Crippen molar-refractivity contribution >= 4 is 0 Å². The Morgan fingerprint density at radius 1 is 1.62 bits per heavy atom. The highest BCUT2D eigenvalue weighted by Gasteiger charge is 2.29. The van der Waals surface area contributed by atoms with Gasteiger partial charge in [0.1, 0.15) is 0 Å². The summed E-state index contributed by atoms with van der Waals surface area (Å²) in [5.74, 6) is 0.768. The van der Waals surface area contributed by atoms with Gasteiger partial charge in [0.15, 0.2) is 0 Å². The first kappa shape index (κ1) is 8.75. The highest BCUT2D eigenvalue weighted by Crippen LogP contribution is 2.30. The van der Waals surface area contributed by atoms with Crippen LogP contribution in [0.2, 0.25) is 0 Å². The lowest BCUT2D eigenvalue weighted by atomic mass is 9.82. The topological polar surface area (TPSA) is 27.1 Å². The highest BCUT2D eigenvalue weighted by molar-refractivity contribution is 4.99. The summed E-state index contributed by atoms with van der Waals surface area (Å²) in [5, 5.41) is 4.26. The second-order valence-electron chi connectivity index (χ2n) is 3.93. The molecule has 0 amide bonds. The SMILES string of the molecule is COC1CC(Cn2cc(C)cn2)C1. The van der Waals surface area contributed by atoms with Crippen LogP contribution < -0.4 is 0 Å². The molecule has 0 bridgehead atoms. The van der Waals surface area contributed by atoms with Crippen molar-refractivity contribution in [3.63, 3.8) is 0 Å². The molecule has 2 rings (SSSR count). The average Bonchev–Trinajstić information content (AvgIpc) is 2.43. The molecule has 0 aliphatic heterocycles. The zero-order valence-electron chi connectivity index (χ0n) is 8.23. The molecular formula is C10H16N2O. The van der Waals surface area contributed by atoms with Gasteiger partial charge >= 0.3 is 0 Å². The first-order valence-electron chi connectivity index (χ1n) is 4.80. The molecule has 3 heteroatoms. The lowest BCUT2D eigenvalue weighted by molar-refractivity contribution is -0.00547. The normalized spacial score (nSPS) is 27.2. The molecule has 0 saturated heterocycles. The van der Waals surface area contributed by atoms with Crippen LogP contribution in [0, 0.1) is 12.8 Å². The van der Waals surface area contributed by atoms with E-state index in [0.717, 1.165) is 12.5 Å². The summed E-state index contributed by atoms with van der Waals surface area (Å²) in [5.41, 5.74) is 1.24. The van der Waals surface area contributed by atoms with E-state index in [1.165, 1.54) is 18.4 Å². The largest absolute Gasteiger partial charge is 0.381 e. The van der Waals surface area contributed by atoms with E-state index in [9.17, 15) is 0 Å². The third-order valence-electron chi connectivity index (χ3n) is 2.73. The van der Waals surface area contributed by atoms with E-state index in [0.29, 0.717) is 6.10 Å². The van der Waals surface area contributed by atoms with Crippen molar-refractivity contribution in [2.45, 2.75) is 32.4 Å². The second kappa shape index (κ2) is 3.50. The molecule has 72 valence electrons. The molecule has 3 nitrogen and oxygen atoms in total. The Labute approximate surface area is 78.7 Å². The van der Waals surface area contributed by atoms with Gasteiger partial charge in [-0.05, 0) is 31.2 Å². The maximum atomic E-state index is 5.23. The van der Waals surface area contributed by atoms with Crippen molar-refractivity contribution in [2.24, 2.45) is 5.92 Å². The molecular weight excluding hydrogens is 164 g/mol. The fourth-order valence-corrected chi connectivity index (χ4v) is 1.85. The van der Waals surface area contributed by atoms with Crippen LogP contribution in [-0.2, 0) is 11.3 Å². The van der Waals surface area contributed by atoms with Crippen molar-refractivity contribution in [2.75, 3.05) is 7.11 Å². The summed E-state index contributed by atoms with van der Waals surface area (Å²) in [6.45, 7) is 3.12.